The highest BCUT2D eigenvalue weighted by atomic mass is 16.7. The van der Waals surface area contributed by atoms with Crippen LogP contribution in [0.15, 0.2) is 29.4 Å². The normalized spacial score (nSPS) is 11.2. The number of hydrogen-bond donors (Lipinski definition) is 3. The molecule has 0 bridgehead atoms. The quantitative estimate of drug-likeness (QED) is 0.187. The van der Waals surface area contributed by atoms with Crippen LogP contribution in [0.4, 0.5) is 11.5 Å². The Kier molecular flexibility index (Phi) is 4.02. The lowest BCUT2D eigenvalue weighted by Crippen LogP contribution is -2.17. The zero-order chi connectivity index (χ0) is 16.3. The Bertz CT molecular complexity index is 767. The maximum Gasteiger partial charge on any atom is 0.388 e. The van der Waals surface area contributed by atoms with E-state index in [2.05, 4.69) is 20.2 Å². The number of anilines is 1. The van der Waals surface area contributed by atoms with E-state index >= 15 is 0 Å². The van der Waals surface area contributed by atoms with Crippen LogP contribution in [0.3, 0.4) is 0 Å². The van der Waals surface area contributed by atoms with Crippen LogP contribution in [-0.2, 0) is 4.84 Å². The molecule has 10 nitrogen and oxygen atoms in total. The number of rotatable bonds is 4. The highest BCUT2D eigenvalue weighted by Gasteiger charge is 2.18. The van der Waals surface area contributed by atoms with E-state index in [1.807, 2.05) is 0 Å². The summed E-state index contributed by atoms with van der Waals surface area (Å²) in [4.78, 5) is 26.0. The number of hydrogen-bond acceptors (Lipinski definition) is 7. The Morgan fingerprint density at radius 1 is 1.50 bits per heavy atom. The first-order valence-electron chi connectivity index (χ1n) is 6.00. The van der Waals surface area contributed by atoms with Crippen molar-refractivity contribution in [3.63, 3.8) is 0 Å². The minimum atomic E-state index is -0.978. The third kappa shape index (κ3) is 3.00. The first kappa shape index (κ1) is 15.0. The predicted molar refractivity (Wildman–Crippen MR) is 77.0 cm³/mol. The highest BCUT2D eigenvalue weighted by molar-refractivity contribution is 6.00. The summed E-state index contributed by atoms with van der Waals surface area (Å²) >= 11 is 0. The number of nitrogens with two attached hydrogens (primary N) is 2. The molecule has 0 amide bonds. The van der Waals surface area contributed by atoms with Crippen LogP contribution in [0.1, 0.15) is 21.6 Å². The molecule has 0 saturated heterocycles. The van der Waals surface area contributed by atoms with Crippen molar-refractivity contribution in [2.24, 2.45) is 10.9 Å². The van der Waals surface area contributed by atoms with Crippen LogP contribution in [0.25, 0.3) is 0 Å². The summed E-state index contributed by atoms with van der Waals surface area (Å²) in [5, 5.41) is 19.5. The summed E-state index contributed by atoms with van der Waals surface area (Å²) in [7, 11) is 0. The molecule has 22 heavy (non-hydrogen) atoms. The molecule has 0 aliphatic rings. The Hall–Kier alpha value is -3.43. The van der Waals surface area contributed by atoms with Crippen LogP contribution in [0.5, 0.6) is 0 Å². The number of aromatic nitrogens is 2. The highest BCUT2D eigenvalue weighted by Crippen LogP contribution is 2.15. The second kappa shape index (κ2) is 5.91. The van der Waals surface area contributed by atoms with Crippen LogP contribution >= 0.6 is 0 Å². The van der Waals surface area contributed by atoms with Gasteiger partial charge in [0.05, 0.1) is 6.07 Å². The zero-order valence-electron chi connectivity index (χ0n) is 11.4. The fourth-order valence-electron chi connectivity index (χ4n) is 1.63. The van der Waals surface area contributed by atoms with Gasteiger partial charge in [0.15, 0.2) is 5.84 Å². The number of carbonyl (C=O) groups is 1. The molecule has 10 heteroatoms. The van der Waals surface area contributed by atoms with Gasteiger partial charge in [-0.25, -0.2) is 4.79 Å². The number of carbonyl (C=O) groups excluding carboxylic acids is 1. The molecular weight excluding hydrogens is 292 g/mol. The summed E-state index contributed by atoms with van der Waals surface area (Å²) in [6.45, 7) is 1.74. The number of oxime groups is 1. The number of nitrogens with zero attached hydrogens (tertiary/aromatic N) is 3. The second-order valence-corrected chi connectivity index (χ2v) is 4.27. The monoisotopic (exact) mass is 304 g/mol. The van der Waals surface area contributed by atoms with E-state index in [1.165, 1.54) is 0 Å². The average molecular weight is 304 g/mol. The first-order chi connectivity index (χ1) is 10.4. The Morgan fingerprint density at radius 3 is 2.86 bits per heavy atom. The number of H-pyrrole nitrogens is 1. The fourth-order valence-corrected chi connectivity index (χ4v) is 1.63. The topological polar surface area (TPSA) is 163 Å². The van der Waals surface area contributed by atoms with Crippen LogP contribution in [0.2, 0.25) is 0 Å². The number of aromatic amines is 1. The van der Waals surface area contributed by atoms with Crippen molar-refractivity contribution >= 4 is 23.3 Å². The Morgan fingerprint density at radius 2 is 2.23 bits per heavy atom. The maximum absolute atomic E-state index is 11.7. The van der Waals surface area contributed by atoms with E-state index in [4.69, 9.17) is 11.5 Å². The number of nitrogen functional groups attached to an aromatic ring is 1. The van der Waals surface area contributed by atoms with Crippen LogP contribution < -0.4 is 11.5 Å². The predicted octanol–water partition coefficient (Wildman–Crippen LogP) is 0.686. The molecule has 0 fully saturated rings. The third-order valence-corrected chi connectivity index (χ3v) is 2.85. The molecule has 0 spiro atoms. The molecule has 0 aliphatic heterocycles. The molecule has 0 saturated carbocycles. The van der Waals surface area contributed by atoms with E-state index in [0.29, 0.717) is 16.8 Å². The number of amidine groups is 1. The van der Waals surface area contributed by atoms with Gasteiger partial charge in [-0.1, -0.05) is 22.4 Å². The van der Waals surface area contributed by atoms with Crippen LogP contribution in [0, 0.1) is 17.0 Å². The van der Waals surface area contributed by atoms with Gasteiger partial charge in [0.2, 0.25) is 5.69 Å². The molecular formula is C12H12N6O4. The smallest absolute Gasteiger partial charge is 0.388 e. The number of benzene rings is 1. The molecule has 114 valence electrons. The number of nitro groups is 1. The van der Waals surface area contributed by atoms with Gasteiger partial charge in [0.1, 0.15) is 0 Å². The summed E-state index contributed by atoms with van der Waals surface area (Å²) in [5.41, 5.74) is 12.9. The van der Waals surface area contributed by atoms with Gasteiger partial charge in [-0.2, -0.15) is 0 Å². The average Bonchev–Trinajstić information content (AvgIpc) is 2.97. The number of nitrogens with one attached hydrogen (secondary N) is 1. The molecule has 2 rings (SSSR count). The molecule has 0 radical (unpaired) electrons. The molecule has 1 heterocycles. The SMILES string of the molecule is Cc1c(N)cccc1/C(N)=N/OC(=O)c1cc([N+](=O)[O-])[nH]n1. The largest absolute Gasteiger partial charge is 0.398 e. The van der Waals surface area contributed by atoms with Crippen LogP contribution in [-0.4, -0.2) is 26.9 Å². The van der Waals surface area contributed by atoms with Gasteiger partial charge in [0, 0.05) is 11.3 Å². The van der Waals surface area contributed by atoms with Crippen molar-refractivity contribution in [2.45, 2.75) is 6.92 Å². The van der Waals surface area contributed by atoms with Gasteiger partial charge in [-0.3, -0.25) is 0 Å². The third-order valence-electron chi connectivity index (χ3n) is 2.85. The van der Waals surface area contributed by atoms with E-state index in [1.54, 1.807) is 25.1 Å². The Balaban J connectivity index is 2.14. The van der Waals surface area contributed by atoms with Gasteiger partial charge in [-0.15, -0.1) is 5.10 Å². The minimum absolute atomic E-state index is 0.0526. The summed E-state index contributed by atoms with van der Waals surface area (Å²) in [5.74, 6) is -1.47. The zero-order valence-corrected chi connectivity index (χ0v) is 11.4. The van der Waals surface area contributed by atoms with E-state index in [-0.39, 0.29) is 11.5 Å². The molecule has 0 atom stereocenters. The Labute approximate surface area is 123 Å². The van der Waals surface area contributed by atoms with Gasteiger partial charge in [-0.05, 0) is 23.5 Å². The van der Waals surface area contributed by atoms with Gasteiger partial charge >= 0.3 is 11.8 Å². The summed E-state index contributed by atoms with van der Waals surface area (Å²) < 4.78 is 0. The van der Waals surface area contributed by atoms with Crippen molar-refractivity contribution in [1.29, 1.82) is 0 Å². The molecule has 1 aromatic heterocycles. The van der Waals surface area contributed by atoms with Crippen molar-refractivity contribution in [3.05, 3.63) is 51.2 Å². The molecule has 5 N–H and O–H groups in total. The van der Waals surface area contributed by atoms with E-state index < -0.39 is 16.7 Å². The molecule has 0 unspecified atom stereocenters. The summed E-state index contributed by atoms with van der Waals surface area (Å²) in [6.07, 6.45) is 0. The fraction of sp³-hybridized carbons (Fsp3) is 0.0833. The lowest BCUT2D eigenvalue weighted by atomic mass is 10.1. The second-order valence-electron chi connectivity index (χ2n) is 4.27. The first-order valence-corrected chi connectivity index (χ1v) is 6.00. The van der Waals surface area contributed by atoms with Gasteiger partial charge < -0.3 is 26.4 Å². The van der Waals surface area contributed by atoms with E-state index in [9.17, 15) is 14.9 Å². The lowest BCUT2D eigenvalue weighted by molar-refractivity contribution is -0.389. The van der Waals surface area contributed by atoms with E-state index in [0.717, 1.165) is 6.07 Å². The van der Waals surface area contributed by atoms with Gasteiger partial charge in [0.25, 0.3) is 0 Å². The maximum atomic E-state index is 11.7. The minimum Gasteiger partial charge on any atom is -0.398 e. The summed E-state index contributed by atoms with van der Waals surface area (Å²) in [6, 6.07) is 5.97. The van der Waals surface area contributed by atoms with Crippen molar-refractivity contribution in [1.82, 2.24) is 10.2 Å². The lowest BCUT2D eigenvalue weighted by Gasteiger charge is -2.06. The molecule has 1 aromatic carbocycles. The standard InChI is InChI=1S/C12H12N6O4/c1-6-7(3-2-4-8(6)13)11(14)17-22-12(19)9-5-10(16-15-9)18(20)21/h2-5H,13H2,1H3,(H2,14,17)(H,15,16). The van der Waals surface area contributed by atoms with Crippen molar-refractivity contribution < 1.29 is 14.6 Å². The molecule has 0 aliphatic carbocycles. The van der Waals surface area contributed by atoms with Crippen molar-refractivity contribution in [3.8, 4) is 0 Å². The van der Waals surface area contributed by atoms with Crippen molar-refractivity contribution in [2.75, 3.05) is 5.73 Å². The molecule has 2 aromatic rings.